The first-order valence-electron chi connectivity index (χ1n) is 6.43. The Kier molecular flexibility index (Phi) is 4.23. The lowest BCUT2D eigenvalue weighted by Gasteiger charge is -2.14. The average Bonchev–Trinajstić information content (AvgIpc) is 3.20. The maximum absolute atomic E-state index is 13.5. The zero-order valence-electron chi connectivity index (χ0n) is 10.9. The molecule has 1 aliphatic rings. The fraction of sp³-hybridized carbons (Fsp3) is 0.538. The van der Waals surface area contributed by atoms with E-state index in [1.54, 1.807) is 0 Å². The maximum Gasteiger partial charge on any atom is 0.241 e. The molecule has 0 bridgehead atoms. The number of benzene rings is 1. The molecule has 106 valence electrons. The van der Waals surface area contributed by atoms with E-state index < -0.39 is 15.8 Å². The summed E-state index contributed by atoms with van der Waals surface area (Å²) in [5, 5.41) is 0. The maximum atomic E-state index is 13.5. The molecule has 0 amide bonds. The smallest absolute Gasteiger partial charge is 0.241 e. The van der Waals surface area contributed by atoms with E-state index in [9.17, 15) is 12.8 Å². The molecule has 0 spiro atoms. The summed E-state index contributed by atoms with van der Waals surface area (Å²) in [6.45, 7) is 2.27. The summed E-state index contributed by atoms with van der Waals surface area (Å²) in [5.74, 6) is 0.342. The number of nitrogens with one attached hydrogen (secondary N) is 1. The zero-order chi connectivity index (χ0) is 14.0. The van der Waals surface area contributed by atoms with E-state index in [4.69, 9.17) is 5.73 Å². The molecule has 1 aliphatic carbocycles. The second-order valence-electron chi connectivity index (χ2n) is 5.09. The van der Waals surface area contributed by atoms with Crippen LogP contribution in [0.3, 0.4) is 0 Å². The Balaban J connectivity index is 2.16. The fourth-order valence-electron chi connectivity index (χ4n) is 2.14. The molecule has 0 radical (unpaired) electrons. The molecular formula is C13H19FN2O2S. The van der Waals surface area contributed by atoms with Crippen molar-refractivity contribution in [1.29, 1.82) is 0 Å². The van der Waals surface area contributed by atoms with E-state index in [1.165, 1.54) is 18.2 Å². The minimum Gasteiger partial charge on any atom is -0.326 e. The molecule has 1 saturated carbocycles. The van der Waals surface area contributed by atoms with Gasteiger partial charge in [-0.1, -0.05) is 13.0 Å². The van der Waals surface area contributed by atoms with Crippen molar-refractivity contribution in [1.82, 2.24) is 4.72 Å². The Morgan fingerprint density at radius 3 is 2.74 bits per heavy atom. The second kappa shape index (κ2) is 5.56. The van der Waals surface area contributed by atoms with Crippen LogP contribution >= 0.6 is 0 Å². The lowest BCUT2D eigenvalue weighted by molar-refractivity contribution is 0.491. The van der Waals surface area contributed by atoms with Crippen LogP contribution in [0.5, 0.6) is 0 Å². The third-order valence-corrected chi connectivity index (χ3v) is 5.10. The van der Waals surface area contributed by atoms with Gasteiger partial charge in [0.1, 0.15) is 5.82 Å². The zero-order valence-corrected chi connectivity index (χ0v) is 11.7. The molecule has 0 heterocycles. The number of hydrogen-bond acceptors (Lipinski definition) is 3. The summed E-state index contributed by atoms with van der Waals surface area (Å²) >= 11 is 0. The summed E-state index contributed by atoms with van der Waals surface area (Å²) in [5.41, 5.74) is 5.47. The standard InChI is InChI=1S/C13H19FN2O2S/c1-9(10-5-6-10)8-16-19(17,18)13-4-2-3-12(14)11(13)7-15/h2-4,9-10,16H,5-8,15H2,1H3. The van der Waals surface area contributed by atoms with E-state index in [0.29, 0.717) is 18.4 Å². The van der Waals surface area contributed by atoms with Crippen LogP contribution in [0, 0.1) is 17.7 Å². The molecular weight excluding hydrogens is 267 g/mol. The summed E-state index contributed by atoms with van der Waals surface area (Å²) in [6, 6.07) is 3.98. The highest BCUT2D eigenvalue weighted by molar-refractivity contribution is 7.89. The minimum atomic E-state index is -3.70. The largest absolute Gasteiger partial charge is 0.326 e. The first-order valence-corrected chi connectivity index (χ1v) is 7.91. The quantitative estimate of drug-likeness (QED) is 0.834. The predicted octanol–water partition coefficient (Wildman–Crippen LogP) is 1.61. The summed E-state index contributed by atoms with van der Waals surface area (Å²) in [6.07, 6.45) is 2.33. The van der Waals surface area contributed by atoms with E-state index in [2.05, 4.69) is 4.72 Å². The third kappa shape index (κ3) is 3.32. The van der Waals surface area contributed by atoms with Gasteiger partial charge in [-0.15, -0.1) is 0 Å². The molecule has 3 N–H and O–H groups in total. The first-order chi connectivity index (χ1) is 8.95. The Morgan fingerprint density at radius 2 is 2.16 bits per heavy atom. The van der Waals surface area contributed by atoms with E-state index in [0.717, 1.165) is 12.8 Å². The predicted molar refractivity (Wildman–Crippen MR) is 71.4 cm³/mol. The monoisotopic (exact) mass is 286 g/mol. The summed E-state index contributed by atoms with van der Waals surface area (Å²) < 4.78 is 40.5. The van der Waals surface area contributed by atoms with Crippen LogP contribution in [0.15, 0.2) is 23.1 Å². The van der Waals surface area contributed by atoms with Gasteiger partial charge in [-0.2, -0.15) is 0 Å². The average molecular weight is 286 g/mol. The van der Waals surface area contributed by atoms with Crippen molar-refractivity contribution in [2.45, 2.75) is 31.2 Å². The molecule has 1 aromatic carbocycles. The molecule has 0 aromatic heterocycles. The number of rotatable bonds is 6. The minimum absolute atomic E-state index is 0.0362. The second-order valence-corrected chi connectivity index (χ2v) is 6.82. The molecule has 4 nitrogen and oxygen atoms in total. The molecule has 1 fully saturated rings. The lowest BCUT2D eigenvalue weighted by Crippen LogP contribution is -2.30. The van der Waals surface area contributed by atoms with Crippen LogP contribution in [0.4, 0.5) is 4.39 Å². The van der Waals surface area contributed by atoms with Gasteiger partial charge in [0, 0.05) is 18.7 Å². The van der Waals surface area contributed by atoms with Crippen molar-refractivity contribution in [2.75, 3.05) is 6.54 Å². The van der Waals surface area contributed by atoms with Gasteiger partial charge >= 0.3 is 0 Å². The van der Waals surface area contributed by atoms with Gasteiger partial charge in [0.15, 0.2) is 0 Å². The fourth-order valence-corrected chi connectivity index (χ4v) is 3.54. The topological polar surface area (TPSA) is 72.2 Å². The Morgan fingerprint density at radius 1 is 1.47 bits per heavy atom. The van der Waals surface area contributed by atoms with Crippen molar-refractivity contribution in [3.05, 3.63) is 29.6 Å². The van der Waals surface area contributed by atoms with Crippen molar-refractivity contribution in [3.63, 3.8) is 0 Å². The van der Waals surface area contributed by atoms with Crippen LogP contribution in [-0.2, 0) is 16.6 Å². The molecule has 1 atom stereocenters. The third-order valence-electron chi connectivity index (χ3n) is 3.59. The number of halogens is 1. The first kappa shape index (κ1) is 14.4. The Labute approximate surface area is 113 Å². The van der Waals surface area contributed by atoms with Crippen molar-refractivity contribution < 1.29 is 12.8 Å². The molecule has 1 unspecified atom stereocenters. The SMILES string of the molecule is CC(CNS(=O)(=O)c1cccc(F)c1CN)C1CC1. The lowest BCUT2D eigenvalue weighted by atomic mass is 10.1. The highest BCUT2D eigenvalue weighted by Gasteiger charge is 2.29. The summed E-state index contributed by atoms with van der Waals surface area (Å²) in [4.78, 5) is -0.0574. The van der Waals surface area contributed by atoms with Crippen molar-refractivity contribution in [2.24, 2.45) is 17.6 Å². The molecule has 2 rings (SSSR count). The van der Waals surface area contributed by atoms with Crippen LogP contribution in [-0.4, -0.2) is 15.0 Å². The summed E-state index contributed by atoms with van der Waals surface area (Å²) in [7, 11) is -3.70. The van der Waals surface area contributed by atoms with Gasteiger partial charge in [-0.25, -0.2) is 17.5 Å². The molecule has 1 aromatic rings. The van der Waals surface area contributed by atoms with Gasteiger partial charge in [0.25, 0.3) is 0 Å². The molecule has 0 saturated heterocycles. The molecule has 6 heteroatoms. The van der Waals surface area contributed by atoms with E-state index >= 15 is 0 Å². The highest BCUT2D eigenvalue weighted by Crippen LogP contribution is 2.36. The van der Waals surface area contributed by atoms with Gasteiger partial charge in [0.05, 0.1) is 4.90 Å². The van der Waals surface area contributed by atoms with Crippen molar-refractivity contribution >= 4 is 10.0 Å². The van der Waals surface area contributed by atoms with Gasteiger partial charge in [-0.05, 0) is 36.8 Å². The van der Waals surface area contributed by atoms with E-state index in [-0.39, 0.29) is 17.0 Å². The highest BCUT2D eigenvalue weighted by atomic mass is 32.2. The Hall–Kier alpha value is -0.980. The van der Waals surface area contributed by atoms with Crippen LogP contribution < -0.4 is 10.5 Å². The molecule has 19 heavy (non-hydrogen) atoms. The number of sulfonamides is 1. The van der Waals surface area contributed by atoms with Gasteiger partial charge in [0.2, 0.25) is 10.0 Å². The van der Waals surface area contributed by atoms with Crippen LogP contribution in [0.25, 0.3) is 0 Å². The Bertz CT molecular complexity index is 556. The van der Waals surface area contributed by atoms with Crippen molar-refractivity contribution in [3.8, 4) is 0 Å². The van der Waals surface area contributed by atoms with E-state index in [1.807, 2.05) is 6.92 Å². The molecule has 0 aliphatic heterocycles. The van der Waals surface area contributed by atoms with Gasteiger partial charge < -0.3 is 5.73 Å². The number of nitrogens with two attached hydrogens (primary N) is 1. The van der Waals surface area contributed by atoms with Crippen LogP contribution in [0.1, 0.15) is 25.3 Å². The number of hydrogen-bond donors (Lipinski definition) is 2. The van der Waals surface area contributed by atoms with Crippen LogP contribution in [0.2, 0.25) is 0 Å². The van der Waals surface area contributed by atoms with Gasteiger partial charge in [-0.3, -0.25) is 0 Å². The normalized spacial score (nSPS) is 17.4.